The lowest BCUT2D eigenvalue weighted by molar-refractivity contribution is -0.117. The quantitative estimate of drug-likeness (QED) is 0.638. The van der Waals surface area contributed by atoms with Crippen LogP contribution in [0.3, 0.4) is 0 Å². The molecule has 4 rings (SSSR count). The zero-order valence-electron chi connectivity index (χ0n) is 17.1. The first-order chi connectivity index (χ1) is 14.8. The molecular formula is C23H22N2O5S. The van der Waals surface area contributed by atoms with Crippen LogP contribution in [-0.2, 0) is 14.8 Å². The second kappa shape index (κ2) is 8.31. The number of nitrogens with one attached hydrogen (secondary N) is 1. The molecule has 1 heterocycles. The number of sulfonamides is 1. The first-order valence-corrected chi connectivity index (χ1v) is 11.3. The summed E-state index contributed by atoms with van der Waals surface area (Å²) in [6.45, 7) is 3.65. The molecule has 0 fully saturated rings. The smallest absolute Gasteiger partial charge is 0.262 e. The van der Waals surface area contributed by atoms with Crippen molar-refractivity contribution in [2.24, 2.45) is 0 Å². The summed E-state index contributed by atoms with van der Waals surface area (Å²) in [6, 6.07) is 20.4. The van der Waals surface area contributed by atoms with Crippen molar-refractivity contribution in [1.29, 1.82) is 0 Å². The molecule has 0 saturated heterocycles. The van der Waals surface area contributed by atoms with Crippen molar-refractivity contribution >= 4 is 27.3 Å². The third kappa shape index (κ3) is 4.49. The lowest BCUT2D eigenvalue weighted by Gasteiger charge is -2.33. The second-order valence-corrected chi connectivity index (χ2v) is 8.89. The Bertz CT molecular complexity index is 1210. The van der Waals surface area contributed by atoms with Crippen LogP contribution in [0.4, 0.5) is 11.4 Å². The predicted octanol–water partition coefficient (Wildman–Crippen LogP) is 4.41. The highest BCUT2D eigenvalue weighted by Gasteiger charge is 2.28. The van der Waals surface area contributed by atoms with Crippen molar-refractivity contribution < 1.29 is 22.7 Å². The number of hydrogen-bond acceptors (Lipinski definition) is 5. The Morgan fingerprint density at radius 1 is 1.06 bits per heavy atom. The van der Waals surface area contributed by atoms with Crippen LogP contribution in [0, 0.1) is 0 Å². The van der Waals surface area contributed by atoms with Gasteiger partial charge in [0.05, 0.1) is 22.8 Å². The minimum atomic E-state index is -3.95. The number of amides is 1. The maximum Gasteiger partial charge on any atom is 0.262 e. The number of carbonyl (C=O) groups excluding carboxylic acids is 1. The number of carbonyl (C=O) groups is 1. The molecule has 0 radical (unpaired) electrons. The van der Waals surface area contributed by atoms with Gasteiger partial charge in [0.2, 0.25) is 5.91 Å². The fourth-order valence-corrected chi connectivity index (χ4v) is 4.43. The van der Waals surface area contributed by atoms with Crippen molar-refractivity contribution in [3.63, 3.8) is 0 Å². The van der Waals surface area contributed by atoms with Gasteiger partial charge in [0.1, 0.15) is 17.6 Å². The molecule has 31 heavy (non-hydrogen) atoms. The fraction of sp³-hybridized carbons (Fsp3) is 0.174. The number of anilines is 2. The number of para-hydroxylation sites is 3. The van der Waals surface area contributed by atoms with Gasteiger partial charge >= 0.3 is 0 Å². The normalized spacial score (nSPS) is 15.5. The molecule has 1 unspecified atom stereocenters. The first kappa shape index (κ1) is 20.7. The predicted molar refractivity (Wildman–Crippen MR) is 118 cm³/mol. The monoisotopic (exact) mass is 438 g/mol. The maximum absolute atomic E-state index is 13.1. The Morgan fingerprint density at radius 3 is 2.52 bits per heavy atom. The molecule has 1 N–H and O–H groups in total. The van der Waals surface area contributed by atoms with Crippen LogP contribution < -0.4 is 19.1 Å². The summed E-state index contributed by atoms with van der Waals surface area (Å²) in [7, 11) is -3.95. The van der Waals surface area contributed by atoms with Gasteiger partial charge in [0.25, 0.3) is 10.0 Å². The zero-order chi connectivity index (χ0) is 22.0. The molecule has 0 saturated carbocycles. The average molecular weight is 439 g/mol. The van der Waals surface area contributed by atoms with E-state index in [0.29, 0.717) is 35.2 Å². The molecule has 0 aromatic heterocycles. The Balaban J connectivity index is 1.65. The van der Waals surface area contributed by atoms with Crippen LogP contribution in [0.25, 0.3) is 0 Å². The minimum Gasteiger partial charge on any atom is -0.487 e. The second-order valence-electron chi connectivity index (χ2n) is 7.20. The fourth-order valence-electron chi connectivity index (χ4n) is 3.34. The van der Waals surface area contributed by atoms with Gasteiger partial charge in [-0.1, -0.05) is 30.3 Å². The Morgan fingerprint density at radius 2 is 1.77 bits per heavy atom. The number of fused-ring (bicyclic) bond motifs is 1. The van der Waals surface area contributed by atoms with Gasteiger partial charge in [-0.25, -0.2) is 8.42 Å². The average Bonchev–Trinajstić information content (AvgIpc) is 2.74. The van der Waals surface area contributed by atoms with E-state index >= 15 is 0 Å². The maximum atomic E-state index is 13.1. The summed E-state index contributed by atoms with van der Waals surface area (Å²) < 4.78 is 40.4. The van der Waals surface area contributed by atoms with E-state index in [1.54, 1.807) is 42.5 Å². The Hall–Kier alpha value is -3.52. The highest BCUT2D eigenvalue weighted by Crippen LogP contribution is 2.37. The topological polar surface area (TPSA) is 84.9 Å². The molecule has 1 amide bonds. The van der Waals surface area contributed by atoms with Crippen LogP contribution in [0.1, 0.15) is 13.8 Å². The number of nitrogens with zero attached hydrogens (tertiary/aromatic N) is 1. The summed E-state index contributed by atoms with van der Waals surface area (Å²) in [6.07, 6.45) is -0.181. The summed E-state index contributed by atoms with van der Waals surface area (Å²) in [5.74, 6) is 1.25. The first-order valence-electron chi connectivity index (χ1n) is 9.77. The van der Waals surface area contributed by atoms with Crippen molar-refractivity contribution in [1.82, 2.24) is 0 Å². The molecule has 8 heteroatoms. The van der Waals surface area contributed by atoms with E-state index < -0.39 is 10.0 Å². The minimum absolute atomic E-state index is 0.0187. The van der Waals surface area contributed by atoms with Crippen LogP contribution in [0.5, 0.6) is 17.2 Å². The van der Waals surface area contributed by atoms with E-state index in [9.17, 15) is 13.2 Å². The molecule has 0 aliphatic carbocycles. The molecule has 3 aromatic rings. The van der Waals surface area contributed by atoms with E-state index in [1.165, 1.54) is 24.0 Å². The molecule has 3 aromatic carbocycles. The van der Waals surface area contributed by atoms with Crippen molar-refractivity contribution in [3.8, 4) is 17.2 Å². The van der Waals surface area contributed by atoms with E-state index in [0.717, 1.165) is 0 Å². The van der Waals surface area contributed by atoms with Gasteiger partial charge in [-0.3, -0.25) is 9.52 Å². The summed E-state index contributed by atoms with van der Waals surface area (Å²) in [5.41, 5.74) is 0.736. The van der Waals surface area contributed by atoms with E-state index in [1.807, 2.05) is 25.1 Å². The van der Waals surface area contributed by atoms with Crippen molar-refractivity contribution in [3.05, 3.63) is 72.8 Å². The summed E-state index contributed by atoms with van der Waals surface area (Å²) in [4.78, 5) is 13.6. The van der Waals surface area contributed by atoms with Gasteiger partial charge in [0.15, 0.2) is 5.75 Å². The lowest BCUT2D eigenvalue weighted by Crippen LogP contribution is -2.41. The molecule has 0 spiro atoms. The van der Waals surface area contributed by atoms with Crippen LogP contribution in [0.15, 0.2) is 77.7 Å². The lowest BCUT2D eigenvalue weighted by atomic mass is 10.2. The van der Waals surface area contributed by atoms with Crippen LogP contribution in [-0.4, -0.2) is 27.0 Å². The van der Waals surface area contributed by atoms with Crippen LogP contribution in [0.2, 0.25) is 0 Å². The van der Waals surface area contributed by atoms with Gasteiger partial charge in [-0.15, -0.1) is 0 Å². The Labute approximate surface area is 181 Å². The van der Waals surface area contributed by atoms with Crippen molar-refractivity contribution in [2.75, 3.05) is 16.2 Å². The largest absolute Gasteiger partial charge is 0.487 e. The molecule has 7 nitrogen and oxygen atoms in total. The molecule has 1 aliphatic heterocycles. The number of ether oxygens (including phenoxy) is 2. The molecule has 160 valence electrons. The number of rotatable bonds is 5. The van der Waals surface area contributed by atoms with E-state index in [2.05, 4.69) is 4.72 Å². The van der Waals surface area contributed by atoms with E-state index in [4.69, 9.17) is 9.47 Å². The SMILES string of the molecule is CC(=O)N1CC(C)Oc2ccc(S(=O)(=O)Nc3ccccc3Oc3ccccc3)cc21. The standard InChI is InChI=1S/C23H22N2O5S/c1-16-15-25(17(2)26)21-14-19(12-13-23(21)29-16)31(27,28)24-20-10-6-7-11-22(20)30-18-8-4-3-5-9-18/h3-14,16,24H,15H2,1-2H3. The summed E-state index contributed by atoms with van der Waals surface area (Å²) in [5, 5.41) is 0. The molecule has 1 aliphatic rings. The number of hydrogen-bond donors (Lipinski definition) is 1. The van der Waals surface area contributed by atoms with Gasteiger partial charge in [-0.2, -0.15) is 0 Å². The third-order valence-corrected chi connectivity index (χ3v) is 6.15. The molecule has 1 atom stereocenters. The van der Waals surface area contributed by atoms with E-state index in [-0.39, 0.29) is 16.9 Å². The van der Waals surface area contributed by atoms with Crippen LogP contribution >= 0.6 is 0 Å². The Kier molecular flexibility index (Phi) is 5.56. The van der Waals surface area contributed by atoms with Gasteiger partial charge in [0, 0.05) is 6.92 Å². The highest BCUT2D eigenvalue weighted by atomic mass is 32.2. The highest BCUT2D eigenvalue weighted by molar-refractivity contribution is 7.92. The third-order valence-electron chi connectivity index (χ3n) is 4.78. The zero-order valence-corrected chi connectivity index (χ0v) is 17.9. The molecule has 0 bridgehead atoms. The van der Waals surface area contributed by atoms with Gasteiger partial charge in [-0.05, 0) is 49.4 Å². The van der Waals surface area contributed by atoms with Crippen molar-refractivity contribution in [2.45, 2.75) is 24.8 Å². The molecular weight excluding hydrogens is 416 g/mol. The summed E-state index contributed by atoms with van der Waals surface area (Å²) >= 11 is 0. The van der Waals surface area contributed by atoms with Gasteiger partial charge < -0.3 is 14.4 Å². The number of benzene rings is 3.